The summed E-state index contributed by atoms with van der Waals surface area (Å²) in [5, 5.41) is 7.00. The molecule has 0 atom stereocenters. The molecule has 168 valence electrons. The van der Waals surface area contributed by atoms with Crippen molar-refractivity contribution in [2.75, 3.05) is 7.11 Å². The van der Waals surface area contributed by atoms with E-state index in [0.29, 0.717) is 0 Å². The number of allylic oxidation sites excluding steroid dienone is 2. The van der Waals surface area contributed by atoms with Crippen LogP contribution in [0.15, 0.2) is 30.5 Å². The molecule has 2 heterocycles. The van der Waals surface area contributed by atoms with Crippen molar-refractivity contribution in [2.45, 2.75) is 86.6 Å². The third-order valence-electron chi connectivity index (χ3n) is 6.88. The lowest BCUT2D eigenvalue weighted by atomic mass is 9.73. The maximum Gasteiger partial charge on any atom is 0.217 e. The van der Waals surface area contributed by atoms with Crippen molar-refractivity contribution < 1.29 is 9.67 Å². The van der Waals surface area contributed by atoms with Crippen LogP contribution in [-0.2, 0) is 18.4 Å². The molecule has 0 saturated heterocycles. The Morgan fingerprint density at radius 1 is 1.13 bits per heavy atom. The summed E-state index contributed by atoms with van der Waals surface area (Å²) in [4.78, 5) is 0. The minimum absolute atomic E-state index is 0.0840. The standard InChI is InChI=1S/C28H38N.CH4O/c1-10-13-28(8,9)26-23(11-2)25(21(7)18(3)4)17-29-14-12-22-15-19(5)20(6)16-24(22)27(26)29;1-2/h11,15-17H,2,10,12-14H2,1,3-9H3;2H,1H3/q+1;. The SMILES string of the molecule is C=Cc1c(C(C)=C(C)C)c[n+]2c(c1C(C)(C)CCC)-c1cc(C)c(C)cc1CC2.CO. The molecular formula is C29H42NO+. The Labute approximate surface area is 190 Å². The Balaban J connectivity index is 0.00000166. The maximum atomic E-state index is 7.00. The van der Waals surface area contributed by atoms with Crippen molar-refractivity contribution in [1.29, 1.82) is 0 Å². The first-order valence-corrected chi connectivity index (χ1v) is 11.5. The number of aliphatic hydroxyl groups excluding tert-OH is 1. The average Bonchev–Trinajstić information content (AvgIpc) is 2.73. The van der Waals surface area contributed by atoms with Crippen LogP contribution in [0.25, 0.3) is 22.9 Å². The van der Waals surface area contributed by atoms with Gasteiger partial charge < -0.3 is 5.11 Å². The van der Waals surface area contributed by atoms with Gasteiger partial charge in [0, 0.05) is 24.7 Å². The molecule has 1 aliphatic rings. The molecule has 0 unspecified atom stereocenters. The maximum absolute atomic E-state index is 7.00. The van der Waals surface area contributed by atoms with E-state index in [1.54, 1.807) is 0 Å². The highest BCUT2D eigenvalue weighted by atomic mass is 16.2. The molecule has 0 saturated carbocycles. The van der Waals surface area contributed by atoms with Crippen molar-refractivity contribution in [1.82, 2.24) is 0 Å². The van der Waals surface area contributed by atoms with Crippen LogP contribution in [0.3, 0.4) is 0 Å². The number of aromatic nitrogens is 1. The largest absolute Gasteiger partial charge is 0.400 e. The fourth-order valence-electron chi connectivity index (χ4n) is 4.92. The summed E-state index contributed by atoms with van der Waals surface area (Å²) in [5.74, 6) is 0. The first kappa shape index (κ1) is 25.1. The molecule has 0 bridgehead atoms. The molecule has 0 spiro atoms. The van der Waals surface area contributed by atoms with Crippen LogP contribution in [0.1, 0.15) is 87.8 Å². The van der Waals surface area contributed by atoms with E-state index >= 15 is 0 Å². The van der Waals surface area contributed by atoms with Crippen molar-refractivity contribution in [3.8, 4) is 11.3 Å². The van der Waals surface area contributed by atoms with Crippen LogP contribution >= 0.6 is 0 Å². The molecule has 2 heteroatoms. The summed E-state index contributed by atoms with van der Waals surface area (Å²) in [5.41, 5.74) is 14.0. The quantitative estimate of drug-likeness (QED) is 0.520. The number of aliphatic hydroxyl groups is 1. The number of aryl methyl sites for hydroxylation is 4. The molecule has 3 rings (SSSR count). The van der Waals surface area contributed by atoms with Gasteiger partial charge in [-0.1, -0.05) is 51.5 Å². The lowest BCUT2D eigenvalue weighted by molar-refractivity contribution is -0.688. The van der Waals surface area contributed by atoms with Gasteiger partial charge in [0.2, 0.25) is 5.69 Å². The molecular weight excluding hydrogens is 378 g/mol. The Morgan fingerprint density at radius 3 is 2.29 bits per heavy atom. The first-order chi connectivity index (χ1) is 14.6. The van der Waals surface area contributed by atoms with E-state index in [9.17, 15) is 0 Å². The van der Waals surface area contributed by atoms with E-state index in [1.807, 2.05) is 0 Å². The van der Waals surface area contributed by atoms with Gasteiger partial charge >= 0.3 is 0 Å². The predicted octanol–water partition coefficient (Wildman–Crippen LogP) is 6.96. The molecule has 0 amide bonds. The second-order valence-electron chi connectivity index (χ2n) is 9.68. The number of rotatable bonds is 5. The Kier molecular flexibility index (Phi) is 8.05. The summed E-state index contributed by atoms with van der Waals surface area (Å²) in [6, 6.07) is 4.83. The average molecular weight is 421 g/mol. The topological polar surface area (TPSA) is 24.1 Å². The predicted molar refractivity (Wildman–Crippen MR) is 135 cm³/mol. The Bertz CT molecular complexity index is 1000. The van der Waals surface area contributed by atoms with Gasteiger partial charge in [0.05, 0.1) is 5.56 Å². The number of hydrogen-bond donors (Lipinski definition) is 1. The van der Waals surface area contributed by atoms with E-state index in [1.165, 1.54) is 68.6 Å². The zero-order valence-corrected chi connectivity index (χ0v) is 21.2. The van der Waals surface area contributed by atoms with Crippen LogP contribution in [0.5, 0.6) is 0 Å². The van der Waals surface area contributed by atoms with Gasteiger partial charge in [0.1, 0.15) is 0 Å². The van der Waals surface area contributed by atoms with E-state index < -0.39 is 0 Å². The minimum Gasteiger partial charge on any atom is -0.400 e. The highest BCUT2D eigenvalue weighted by Crippen LogP contribution is 2.42. The van der Waals surface area contributed by atoms with Gasteiger partial charge in [-0.3, -0.25) is 0 Å². The van der Waals surface area contributed by atoms with Crippen LogP contribution in [-0.4, -0.2) is 12.2 Å². The van der Waals surface area contributed by atoms with Crippen LogP contribution in [0.4, 0.5) is 0 Å². The molecule has 0 fully saturated rings. The van der Waals surface area contributed by atoms with Gasteiger partial charge in [-0.2, -0.15) is 4.57 Å². The molecule has 2 aromatic rings. The highest BCUT2D eigenvalue weighted by Gasteiger charge is 2.37. The first-order valence-electron chi connectivity index (χ1n) is 11.5. The zero-order chi connectivity index (χ0) is 23.5. The van der Waals surface area contributed by atoms with Crippen molar-refractivity contribution in [3.63, 3.8) is 0 Å². The molecule has 1 aromatic heterocycles. The van der Waals surface area contributed by atoms with Gasteiger partial charge in [0.15, 0.2) is 12.7 Å². The minimum atomic E-state index is 0.0840. The Hall–Kier alpha value is -2.19. The van der Waals surface area contributed by atoms with Crippen molar-refractivity contribution in [3.05, 3.63) is 63.9 Å². The summed E-state index contributed by atoms with van der Waals surface area (Å²) in [6.07, 6.45) is 7.93. The molecule has 0 radical (unpaired) electrons. The monoisotopic (exact) mass is 420 g/mol. The number of pyridine rings is 1. The lowest BCUT2D eigenvalue weighted by Gasteiger charge is -2.31. The third-order valence-corrected chi connectivity index (χ3v) is 6.88. The number of fused-ring (bicyclic) bond motifs is 3. The number of hydrogen-bond acceptors (Lipinski definition) is 1. The van der Waals surface area contributed by atoms with Crippen molar-refractivity contribution >= 4 is 11.6 Å². The molecule has 31 heavy (non-hydrogen) atoms. The molecule has 0 aliphatic carbocycles. The van der Waals surface area contributed by atoms with Crippen LogP contribution < -0.4 is 4.57 Å². The fraction of sp³-hybridized carbons (Fsp3) is 0.483. The zero-order valence-electron chi connectivity index (χ0n) is 21.2. The van der Waals surface area contributed by atoms with E-state index in [0.717, 1.165) is 20.1 Å². The van der Waals surface area contributed by atoms with Crippen LogP contribution in [0, 0.1) is 13.8 Å². The lowest BCUT2D eigenvalue weighted by Crippen LogP contribution is -2.44. The molecule has 1 aromatic carbocycles. The van der Waals surface area contributed by atoms with E-state index in [-0.39, 0.29) is 5.41 Å². The van der Waals surface area contributed by atoms with E-state index in [4.69, 9.17) is 5.11 Å². The second-order valence-corrected chi connectivity index (χ2v) is 9.68. The smallest absolute Gasteiger partial charge is 0.217 e. The fourth-order valence-corrected chi connectivity index (χ4v) is 4.92. The molecule has 1 N–H and O–H groups in total. The summed E-state index contributed by atoms with van der Waals surface area (Å²) in [6.45, 7) is 23.6. The van der Waals surface area contributed by atoms with Gasteiger partial charge in [-0.25, -0.2) is 0 Å². The van der Waals surface area contributed by atoms with Gasteiger partial charge in [-0.15, -0.1) is 0 Å². The van der Waals surface area contributed by atoms with Crippen molar-refractivity contribution in [2.24, 2.45) is 0 Å². The molecule has 1 aliphatic heterocycles. The Morgan fingerprint density at radius 2 is 1.74 bits per heavy atom. The van der Waals surface area contributed by atoms with Crippen LogP contribution in [0.2, 0.25) is 0 Å². The second kappa shape index (κ2) is 9.96. The molecule has 2 nitrogen and oxygen atoms in total. The normalized spacial score (nSPS) is 12.3. The number of benzene rings is 1. The van der Waals surface area contributed by atoms with Gasteiger partial charge in [0.25, 0.3) is 0 Å². The van der Waals surface area contributed by atoms with Gasteiger partial charge in [-0.05, 0) is 80.3 Å². The summed E-state index contributed by atoms with van der Waals surface area (Å²) in [7, 11) is 1.00. The summed E-state index contributed by atoms with van der Waals surface area (Å²) < 4.78 is 2.53. The third kappa shape index (κ3) is 4.70. The number of nitrogens with zero attached hydrogens (tertiary/aromatic N) is 1. The van der Waals surface area contributed by atoms with E-state index in [2.05, 4.69) is 90.9 Å². The highest BCUT2D eigenvalue weighted by molar-refractivity contribution is 5.80. The summed E-state index contributed by atoms with van der Waals surface area (Å²) >= 11 is 0.